The van der Waals surface area contributed by atoms with Gasteiger partial charge in [-0.3, -0.25) is 4.79 Å². The van der Waals surface area contributed by atoms with Gasteiger partial charge in [-0.15, -0.1) is 0 Å². The highest BCUT2D eigenvalue weighted by atomic mass is 35.7. The van der Waals surface area contributed by atoms with Gasteiger partial charge >= 0.3 is 0 Å². The molecule has 1 aromatic rings. The quantitative estimate of drug-likeness (QED) is 0.776. The number of likely N-dealkylation sites (tertiary alicyclic amines) is 1. The molecule has 7 heteroatoms. The van der Waals surface area contributed by atoms with E-state index in [0.717, 1.165) is 5.56 Å². The fraction of sp³-hybridized carbons (Fsp3) is 0.462. The Morgan fingerprint density at radius 3 is 2.65 bits per heavy atom. The number of benzene rings is 1. The Balaban J connectivity index is 1.91. The van der Waals surface area contributed by atoms with E-state index in [0.29, 0.717) is 24.5 Å². The summed E-state index contributed by atoms with van der Waals surface area (Å²) in [7, 11) is 1.67. The van der Waals surface area contributed by atoms with Crippen LogP contribution in [0.1, 0.15) is 12.0 Å². The number of carbonyl (C=O) groups excluding carboxylic acids is 1. The number of rotatable bonds is 5. The Labute approximate surface area is 128 Å². The Kier molecular flexibility index (Phi) is 4.94. The molecule has 1 saturated heterocycles. The van der Waals surface area contributed by atoms with Crippen molar-refractivity contribution < 1.29 is 13.2 Å². The molecule has 1 aliphatic rings. The van der Waals surface area contributed by atoms with Gasteiger partial charge in [0.05, 0.1) is 5.75 Å². The van der Waals surface area contributed by atoms with Crippen molar-refractivity contribution in [2.45, 2.75) is 12.8 Å². The van der Waals surface area contributed by atoms with E-state index in [9.17, 15) is 13.2 Å². The van der Waals surface area contributed by atoms with E-state index in [1.54, 1.807) is 4.90 Å². The lowest BCUT2D eigenvalue weighted by atomic mass is 10.1. The van der Waals surface area contributed by atoms with Crippen molar-refractivity contribution in [3.63, 3.8) is 0 Å². The zero-order valence-electron chi connectivity index (χ0n) is 10.8. The fourth-order valence-electron chi connectivity index (χ4n) is 2.42. The van der Waals surface area contributed by atoms with Gasteiger partial charge in [0, 0.05) is 41.1 Å². The van der Waals surface area contributed by atoms with Crippen LogP contribution in [-0.2, 0) is 20.3 Å². The number of halogens is 2. The van der Waals surface area contributed by atoms with Crippen molar-refractivity contribution in [2.75, 3.05) is 18.8 Å². The maximum atomic E-state index is 11.8. The Hall–Kier alpha value is -0.780. The zero-order valence-corrected chi connectivity index (χ0v) is 13.1. The summed E-state index contributed by atoms with van der Waals surface area (Å²) in [6.07, 6.45) is 0.903. The van der Waals surface area contributed by atoms with E-state index in [2.05, 4.69) is 0 Å². The molecule has 110 valence electrons. The zero-order chi connectivity index (χ0) is 14.8. The van der Waals surface area contributed by atoms with Gasteiger partial charge in [0.1, 0.15) is 0 Å². The summed E-state index contributed by atoms with van der Waals surface area (Å²) >= 11 is 6.06. The molecule has 1 unspecified atom stereocenters. The lowest BCUT2D eigenvalue weighted by Crippen LogP contribution is -2.28. The molecule has 0 radical (unpaired) electrons. The van der Waals surface area contributed by atoms with E-state index in [4.69, 9.17) is 22.3 Å². The van der Waals surface area contributed by atoms with Crippen molar-refractivity contribution >= 4 is 37.2 Å². The largest absolute Gasteiger partial charge is 0.342 e. The van der Waals surface area contributed by atoms with Gasteiger partial charge in [0.15, 0.2) is 0 Å². The first-order valence-corrected chi connectivity index (χ1v) is 9.14. The monoisotopic (exact) mass is 335 g/mol. The third-order valence-corrected chi connectivity index (χ3v) is 4.95. The second-order valence-corrected chi connectivity index (χ2v) is 8.19. The van der Waals surface area contributed by atoms with Crippen LogP contribution < -0.4 is 0 Å². The maximum Gasteiger partial charge on any atom is 0.232 e. The fourth-order valence-corrected chi connectivity index (χ4v) is 3.97. The van der Waals surface area contributed by atoms with Gasteiger partial charge in [0.25, 0.3) is 0 Å². The van der Waals surface area contributed by atoms with Gasteiger partial charge in [-0.2, -0.15) is 0 Å². The van der Waals surface area contributed by atoms with Crippen LogP contribution in [0.25, 0.3) is 0 Å². The minimum atomic E-state index is -3.56. The third-order valence-electron chi connectivity index (χ3n) is 3.34. The first kappa shape index (κ1) is 15.6. The molecule has 1 aliphatic heterocycles. The highest BCUT2D eigenvalue weighted by Crippen LogP contribution is 2.22. The summed E-state index contributed by atoms with van der Waals surface area (Å²) in [6.45, 7) is 0.983. The summed E-state index contributed by atoms with van der Waals surface area (Å²) in [5.74, 6) is -0.387. The Morgan fingerprint density at radius 1 is 1.30 bits per heavy atom. The molecule has 1 heterocycles. The molecule has 2 rings (SSSR count). The second-order valence-electron chi connectivity index (χ2n) is 4.96. The average molecular weight is 336 g/mol. The van der Waals surface area contributed by atoms with Gasteiger partial charge in [-0.25, -0.2) is 8.42 Å². The predicted molar refractivity (Wildman–Crippen MR) is 79.5 cm³/mol. The summed E-state index contributed by atoms with van der Waals surface area (Å²) < 4.78 is 22.1. The third kappa shape index (κ3) is 4.36. The normalized spacial score (nSPS) is 19.6. The van der Waals surface area contributed by atoms with Gasteiger partial charge < -0.3 is 4.90 Å². The number of carbonyl (C=O) groups is 1. The Morgan fingerprint density at radius 2 is 2.00 bits per heavy atom. The smallest absolute Gasteiger partial charge is 0.232 e. The topological polar surface area (TPSA) is 54.5 Å². The first-order valence-electron chi connectivity index (χ1n) is 6.28. The standard InChI is InChI=1S/C13H15Cl2NO3S/c14-12-4-2-1-3-11(12)5-6-16-8-10(7-13(16)17)9-20(15,18)19/h1-4,10H,5-9H2. The van der Waals surface area contributed by atoms with Crippen LogP contribution in [0.5, 0.6) is 0 Å². The minimum Gasteiger partial charge on any atom is -0.342 e. The number of hydrogen-bond acceptors (Lipinski definition) is 3. The molecule has 4 nitrogen and oxygen atoms in total. The Bertz CT molecular complexity index is 603. The maximum absolute atomic E-state index is 11.8. The SMILES string of the molecule is O=C1CC(CS(=O)(=O)Cl)CN1CCc1ccccc1Cl. The van der Waals surface area contributed by atoms with Crippen molar-refractivity contribution in [3.05, 3.63) is 34.9 Å². The number of amides is 1. The number of nitrogens with zero attached hydrogens (tertiary/aromatic N) is 1. The van der Waals surface area contributed by atoms with Crippen molar-refractivity contribution in [3.8, 4) is 0 Å². The van der Waals surface area contributed by atoms with E-state index >= 15 is 0 Å². The van der Waals surface area contributed by atoms with E-state index in [-0.39, 0.29) is 24.0 Å². The molecule has 0 aliphatic carbocycles. The van der Waals surface area contributed by atoms with Gasteiger partial charge in [-0.1, -0.05) is 29.8 Å². The van der Waals surface area contributed by atoms with Crippen LogP contribution in [0.15, 0.2) is 24.3 Å². The van der Waals surface area contributed by atoms with Crippen LogP contribution in [0.4, 0.5) is 0 Å². The predicted octanol–water partition coefficient (Wildman–Crippen LogP) is 2.30. The van der Waals surface area contributed by atoms with Crippen LogP contribution in [0, 0.1) is 5.92 Å². The summed E-state index contributed by atoms with van der Waals surface area (Å²) in [5, 5.41) is 0.680. The first-order chi connectivity index (χ1) is 9.35. The summed E-state index contributed by atoms with van der Waals surface area (Å²) in [4.78, 5) is 13.5. The molecule has 0 bridgehead atoms. The molecule has 20 heavy (non-hydrogen) atoms. The van der Waals surface area contributed by atoms with E-state index in [1.165, 1.54) is 0 Å². The molecule has 1 aromatic carbocycles. The van der Waals surface area contributed by atoms with Crippen LogP contribution in [-0.4, -0.2) is 38.1 Å². The van der Waals surface area contributed by atoms with Crippen molar-refractivity contribution in [1.82, 2.24) is 4.90 Å². The molecule has 0 aromatic heterocycles. The van der Waals surface area contributed by atoms with Crippen LogP contribution >= 0.6 is 22.3 Å². The highest BCUT2D eigenvalue weighted by Gasteiger charge is 2.31. The molecule has 0 saturated carbocycles. The number of hydrogen-bond donors (Lipinski definition) is 0. The van der Waals surface area contributed by atoms with Crippen LogP contribution in [0.3, 0.4) is 0 Å². The molecule has 0 spiro atoms. The summed E-state index contributed by atoms with van der Waals surface area (Å²) in [5.41, 5.74) is 0.982. The molecular formula is C13H15Cl2NO3S. The lowest BCUT2D eigenvalue weighted by molar-refractivity contribution is -0.127. The summed E-state index contributed by atoms with van der Waals surface area (Å²) in [6, 6.07) is 7.49. The van der Waals surface area contributed by atoms with Gasteiger partial charge in [-0.05, 0) is 18.1 Å². The van der Waals surface area contributed by atoms with Crippen molar-refractivity contribution in [1.29, 1.82) is 0 Å². The molecule has 0 N–H and O–H groups in total. The second kappa shape index (κ2) is 6.33. The molecule has 1 fully saturated rings. The molecule has 1 atom stereocenters. The van der Waals surface area contributed by atoms with E-state index < -0.39 is 9.05 Å². The molecule has 1 amide bonds. The lowest BCUT2D eigenvalue weighted by Gasteiger charge is -2.16. The van der Waals surface area contributed by atoms with Gasteiger partial charge in [0.2, 0.25) is 15.0 Å². The van der Waals surface area contributed by atoms with E-state index in [1.807, 2.05) is 24.3 Å². The van der Waals surface area contributed by atoms with Crippen LogP contribution in [0.2, 0.25) is 5.02 Å². The molecular weight excluding hydrogens is 321 g/mol. The highest BCUT2D eigenvalue weighted by molar-refractivity contribution is 8.13. The minimum absolute atomic E-state index is 0.0256. The van der Waals surface area contributed by atoms with Crippen molar-refractivity contribution in [2.24, 2.45) is 5.92 Å². The average Bonchev–Trinajstić information content (AvgIpc) is 2.66.